The van der Waals surface area contributed by atoms with E-state index in [9.17, 15) is 4.79 Å². The molecule has 1 heterocycles. The smallest absolute Gasteiger partial charge is 0.233 e. The van der Waals surface area contributed by atoms with Crippen molar-refractivity contribution in [1.29, 1.82) is 0 Å². The van der Waals surface area contributed by atoms with Crippen LogP contribution in [0.4, 0.5) is 0 Å². The van der Waals surface area contributed by atoms with Crippen LogP contribution in [-0.2, 0) is 17.9 Å². The maximum Gasteiger partial charge on any atom is 0.233 e. The summed E-state index contributed by atoms with van der Waals surface area (Å²) < 4.78 is 5.19. The van der Waals surface area contributed by atoms with Crippen LogP contribution in [0.15, 0.2) is 52.0 Å². The molecule has 1 amide bonds. The van der Waals surface area contributed by atoms with E-state index in [4.69, 9.17) is 4.42 Å². The number of furan rings is 1. The first kappa shape index (κ1) is 15.7. The van der Waals surface area contributed by atoms with Crippen LogP contribution in [0.25, 0.3) is 0 Å². The van der Waals surface area contributed by atoms with Crippen LogP contribution in [0, 0.1) is 0 Å². The maximum absolute atomic E-state index is 12.0. The average Bonchev–Trinajstić information content (AvgIpc) is 3.00. The predicted molar refractivity (Wildman–Crippen MR) is 85.1 cm³/mol. The first-order valence-corrected chi connectivity index (χ1v) is 7.77. The average molecular weight is 304 g/mol. The summed E-state index contributed by atoms with van der Waals surface area (Å²) in [7, 11) is 1.92. The lowest BCUT2D eigenvalue weighted by atomic mass is 10.2. The van der Waals surface area contributed by atoms with Crippen molar-refractivity contribution in [3.05, 3.63) is 54.0 Å². The van der Waals surface area contributed by atoms with Crippen molar-refractivity contribution in [3.8, 4) is 0 Å². The van der Waals surface area contributed by atoms with Crippen molar-refractivity contribution in [1.82, 2.24) is 10.6 Å². The molecule has 1 unspecified atom stereocenters. The summed E-state index contributed by atoms with van der Waals surface area (Å²) in [5, 5.41) is 5.84. The molecule has 0 aliphatic heterocycles. The molecule has 0 fully saturated rings. The summed E-state index contributed by atoms with van der Waals surface area (Å²) in [4.78, 5) is 13.1. The Balaban J connectivity index is 1.82. The highest BCUT2D eigenvalue weighted by Crippen LogP contribution is 2.23. The summed E-state index contributed by atoms with van der Waals surface area (Å²) in [6.45, 7) is 3.19. The predicted octanol–water partition coefficient (Wildman–Crippen LogP) is 2.80. The third-order valence-corrected chi connectivity index (χ3v) is 4.12. The summed E-state index contributed by atoms with van der Waals surface area (Å²) in [6.07, 6.45) is 1.60. The molecule has 1 aromatic carbocycles. The maximum atomic E-state index is 12.0. The van der Waals surface area contributed by atoms with Crippen molar-refractivity contribution in [2.75, 3.05) is 7.05 Å². The van der Waals surface area contributed by atoms with Crippen LogP contribution in [0.3, 0.4) is 0 Å². The summed E-state index contributed by atoms with van der Waals surface area (Å²) >= 11 is 1.55. The topological polar surface area (TPSA) is 54.3 Å². The molecular weight excluding hydrogens is 284 g/mol. The van der Waals surface area contributed by atoms with E-state index in [0.717, 1.165) is 17.2 Å². The lowest BCUT2D eigenvalue weighted by Gasteiger charge is -2.11. The Morgan fingerprint density at radius 2 is 2.00 bits per heavy atom. The van der Waals surface area contributed by atoms with Crippen molar-refractivity contribution >= 4 is 17.7 Å². The Labute approximate surface area is 129 Å². The molecular formula is C16H20N2O2S. The van der Waals surface area contributed by atoms with Crippen LogP contribution in [0.1, 0.15) is 18.2 Å². The fourth-order valence-corrected chi connectivity index (χ4v) is 2.77. The van der Waals surface area contributed by atoms with Gasteiger partial charge in [-0.05, 0) is 43.8 Å². The molecule has 0 bridgehead atoms. The standard InChI is InChI=1S/C16H20N2O2S/c1-12(16(19)18-11-14-4-3-9-20-14)21-15-7-5-13(6-8-15)10-17-2/h3-9,12,17H,10-11H2,1-2H3,(H,18,19). The van der Waals surface area contributed by atoms with Crippen LogP contribution in [0.2, 0.25) is 0 Å². The minimum Gasteiger partial charge on any atom is -0.467 e. The molecule has 0 spiro atoms. The number of thioether (sulfide) groups is 1. The number of carbonyl (C=O) groups excluding carboxylic acids is 1. The molecule has 0 aliphatic rings. The molecule has 4 nitrogen and oxygen atoms in total. The second-order valence-corrected chi connectivity index (χ2v) is 6.15. The molecule has 0 saturated heterocycles. The van der Waals surface area contributed by atoms with Gasteiger partial charge in [-0.1, -0.05) is 12.1 Å². The number of amides is 1. The van der Waals surface area contributed by atoms with E-state index in [1.54, 1.807) is 18.0 Å². The van der Waals surface area contributed by atoms with Gasteiger partial charge in [-0.3, -0.25) is 4.79 Å². The quantitative estimate of drug-likeness (QED) is 0.772. The van der Waals surface area contributed by atoms with Gasteiger partial charge >= 0.3 is 0 Å². The van der Waals surface area contributed by atoms with E-state index in [1.807, 2.05) is 38.2 Å². The van der Waals surface area contributed by atoms with E-state index in [-0.39, 0.29) is 11.2 Å². The number of hydrogen-bond acceptors (Lipinski definition) is 4. The van der Waals surface area contributed by atoms with Gasteiger partial charge in [-0.2, -0.15) is 0 Å². The number of benzene rings is 1. The molecule has 2 rings (SSSR count). The normalized spacial score (nSPS) is 12.1. The van der Waals surface area contributed by atoms with Gasteiger partial charge in [0.2, 0.25) is 5.91 Å². The van der Waals surface area contributed by atoms with Crippen LogP contribution in [0.5, 0.6) is 0 Å². The molecule has 2 aromatic rings. The van der Waals surface area contributed by atoms with Crippen LogP contribution in [-0.4, -0.2) is 18.2 Å². The Bertz CT molecular complexity index is 552. The minimum absolute atomic E-state index is 0.00991. The Morgan fingerprint density at radius 1 is 1.24 bits per heavy atom. The molecule has 0 aliphatic carbocycles. The van der Waals surface area contributed by atoms with Gasteiger partial charge in [0.1, 0.15) is 5.76 Å². The fourth-order valence-electron chi connectivity index (χ4n) is 1.88. The second-order valence-electron chi connectivity index (χ2n) is 4.73. The minimum atomic E-state index is -0.143. The van der Waals surface area contributed by atoms with Gasteiger partial charge < -0.3 is 15.1 Å². The van der Waals surface area contributed by atoms with Gasteiger partial charge in [0, 0.05) is 11.4 Å². The summed E-state index contributed by atoms with van der Waals surface area (Å²) in [5.74, 6) is 0.771. The Morgan fingerprint density at radius 3 is 2.62 bits per heavy atom. The van der Waals surface area contributed by atoms with Crippen molar-refractivity contribution in [2.45, 2.75) is 30.2 Å². The highest BCUT2D eigenvalue weighted by Gasteiger charge is 2.14. The van der Waals surface area contributed by atoms with Crippen LogP contribution < -0.4 is 10.6 Å². The van der Waals surface area contributed by atoms with E-state index in [1.165, 1.54) is 5.56 Å². The third kappa shape index (κ3) is 4.95. The summed E-state index contributed by atoms with van der Waals surface area (Å²) in [5.41, 5.74) is 1.23. The zero-order chi connectivity index (χ0) is 15.1. The molecule has 1 atom stereocenters. The van der Waals surface area contributed by atoms with Gasteiger partial charge in [-0.25, -0.2) is 0 Å². The molecule has 2 N–H and O–H groups in total. The second kappa shape index (κ2) is 7.90. The number of carbonyl (C=O) groups is 1. The van der Waals surface area contributed by atoms with E-state index in [2.05, 4.69) is 22.8 Å². The number of hydrogen-bond donors (Lipinski definition) is 2. The third-order valence-electron chi connectivity index (χ3n) is 3.00. The number of rotatable bonds is 7. The zero-order valence-corrected chi connectivity index (χ0v) is 13.1. The van der Waals surface area contributed by atoms with Crippen molar-refractivity contribution in [2.24, 2.45) is 0 Å². The number of nitrogens with one attached hydrogen (secondary N) is 2. The SMILES string of the molecule is CNCc1ccc(SC(C)C(=O)NCc2ccco2)cc1. The monoisotopic (exact) mass is 304 g/mol. The van der Waals surface area contributed by atoms with Gasteiger partial charge in [0.15, 0.2) is 0 Å². The van der Waals surface area contributed by atoms with Gasteiger partial charge in [0.25, 0.3) is 0 Å². The Kier molecular flexibility index (Phi) is 5.90. The fraction of sp³-hybridized carbons (Fsp3) is 0.312. The highest BCUT2D eigenvalue weighted by atomic mass is 32.2. The van der Waals surface area contributed by atoms with E-state index >= 15 is 0 Å². The lowest BCUT2D eigenvalue weighted by Crippen LogP contribution is -2.30. The van der Waals surface area contributed by atoms with E-state index in [0.29, 0.717) is 6.54 Å². The molecule has 0 radical (unpaired) electrons. The largest absolute Gasteiger partial charge is 0.467 e. The van der Waals surface area contributed by atoms with Crippen molar-refractivity contribution < 1.29 is 9.21 Å². The van der Waals surface area contributed by atoms with Crippen LogP contribution >= 0.6 is 11.8 Å². The van der Waals surface area contributed by atoms with Gasteiger partial charge in [-0.15, -0.1) is 11.8 Å². The Hall–Kier alpha value is -1.72. The van der Waals surface area contributed by atoms with Gasteiger partial charge in [0.05, 0.1) is 18.1 Å². The molecule has 112 valence electrons. The molecule has 5 heteroatoms. The lowest BCUT2D eigenvalue weighted by molar-refractivity contribution is -0.120. The van der Waals surface area contributed by atoms with Crippen molar-refractivity contribution in [3.63, 3.8) is 0 Å². The zero-order valence-electron chi connectivity index (χ0n) is 12.3. The first-order chi connectivity index (χ1) is 10.2. The molecule has 0 saturated carbocycles. The highest BCUT2D eigenvalue weighted by molar-refractivity contribution is 8.00. The first-order valence-electron chi connectivity index (χ1n) is 6.89. The molecule has 21 heavy (non-hydrogen) atoms. The molecule has 1 aromatic heterocycles. The summed E-state index contributed by atoms with van der Waals surface area (Å²) in [6, 6.07) is 11.9. The van der Waals surface area contributed by atoms with E-state index < -0.39 is 0 Å².